The quantitative estimate of drug-likeness (QED) is 0.850. The molecule has 1 aliphatic heterocycles. The van der Waals surface area contributed by atoms with Gasteiger partial charge in [-0.1, -0.05) is 38.1 Å². The molecule has 0 radical (unpaired) electrons. The summed E-state index contributed by atoms with van der Waals surface area (Å²) in [6.07, 6.45) is 2.34. The molecular formula is C17H28N2. The Morgan fingerprint density at radius 2 is 1.95 bits per heavy atom. The Bertz CT molecular complexity index is 392. The van der Waals surface area contributed by atoms with Crippen molar-refractivity contribution in [1.29, 1.82) is 0 Å². The van der Waals surface area contributed by atoms with Crippen LogP contribution in [-0.2, 0) is 6.42 Å². The lowest BCUT2D eigenvalue weighted by molar-refractivity contribution is 0.443. The van der Waals surface area contributed by atoms with E-state index < -0.39 is 0 Å². The van der Waals surface area contributed by atoms with Gasteiger partial charge in [-0.05, 0) is 50.3 Å². The highest BCUT2D eigenvalue weighted by atomic mass is 15.1. The molecule has 1 atom stereocenters. The van der Waals surface area contributed by atoms with Crippen molar-refractivity contribution in [2.45, 2.75) is 58.0 Å². The largest absolute Gasteiger partial charge is 0.312 e. The van der Waals surface area contributed by atoms with E-state index >= 15 is 0 Å². The minimum atomic E-state index is 0.302. The van der Waals surface area contributed by atoms with Gasteiger partial charge in [-0.3, -0.25) is 0 Å². The summed E-state index contributed by atoms with van der Waals surface area (Å²) in [5.41, 5.74) is 3.16. The van der Waals surface area contributed by atoms with Gasteiger partial charge >= 0.3 is 0 Å². The van der Waals surface area contributed by atoms with E-state index in [1.54, 1.807) is 0 Å². The van der Waals surface area contributed by atoms with Gasteiger partial charge in [0.1, 0.15) is 0 Å². The number of benzene rings is 1. The predicted molar refractivity (Wildman–Crippen MR) is 82.7 cm³/mol. The van der Waals surface area contributed by atoms with Gasteiger partial charge in [-0.2, -0.15) is 0 Å². The van der Waals surface area contributed by atoms with E-state index in [1.165, 1.54) is 17.5 Å². The first-order valence-corrected chi connectivity index (χ1v) is 7.53. The van der Waals surface area contributed by atoms with Crippen LogP contribution in [0.25, 0.3) is 0 Å². The summed E-state index contributed by atoms with van der Waals surface area (Å²) in [5.74, 6) is 0.624. The molecule has 0 amide bonds. The topological polar surface area (TPSA) is 24.1 Å². The SMILES string of the molecule is CC(C)c1ccc(CCNC2CNC(C)(C)C2)cc1. The average molecular weight is 260 g/mol. The maximum absolute atomic E-state index is 3.66. The van der Waals surface area contributed by atoms with Crippen LogP contribution >= 0.6 is 0 Å². The maximum Gasteiger partial charge on any atom is 0.0210 e. The van der Waals surface area contributed by atoms with Crippen LogP contribution in [0.1, 0.15) is 51.2 Å². The molecule has 1 heterocycles. The van der Waals surface area contributed by atoms with Gasteiger partial charge in [0.05, 0.1) is 0 Å². The van der Waals surface area contributed by atoms with Crippen molar-refractivity contribution in [3.63, 3.8) is 0 Å². The second-order valence-corrected chi connectivity index (χ2v) is 6.77. The summed E-state index contributed by atoms with van der Waals surface area (Å²) in [4.78, 5) is 0. The van der Waals surface area contributed by atoms with Crippen LogP contribution in [0.4, 0.5) is 0 Å². The zero-order chi connectivity index (χ0) is 13.9. The molecule has 1 aromatic carbocycles. The summed E-state index contributed by atoms with van der Waals surface area (Å²) in [7, 11) is 0. The highest BCUT2D eigenvalue weighted by Crippen LogP contribution is 2.18. The van der Waals surface area contributed by atoms with Crippen LogP contribution in [0.5, 0.6) is 0 Å². The molecule has 2 rings (SSSR count). The molecule has 0 spiro atoms. The zero-order valence-corrected chi connectivity index (χ0v) is 12.8. The van der Waals surface area contributed by atoms with Gasteiger partial charge in [-0.15, -0.1) is 0 Å². The van der Waals surface area contributed by atoms with E-state index in [0.29, 0.717) is 17.5 Å². The third-order valence-electron chi connectivity index (χ3n) is 4.08. The normalized spacial score (nSPS) is 22.1. The van der Waals surface area contributed by atoms with Crippen LogP contribution < -0.4 is 10.6 Å². The molecule has 2 nitrogen and oxygen atoms in total. The third kappa shape index (κ3) is 4.32. The number of rotatable bonds is 5. The van der Waals surface area contributed by atoms with Crippen molar-refractivity contribution in [2.75, 3.05) is 13.1 Å². The van der Waals surface area contributed by atoms with Crippen molar-refractivity contribution >= 4 is 0 Å². The molecular weight excluding hydrogens is 232 g/mol. The van der Waals surface area contributed by atoms with E-state index in [-0.39, 0.29) is 0 Å². The van der Waals surface area contributed by atoms with Crippen LogP contribution in [0.15, 0.2) is 24.3 Å². The van der Waals surface area contributed by atoms with Gasteiger partial charge in [0.25, 0.3) is 0 Å². The highest BCUT2D eigenvalue weighted by Gasteiger charge is 2.29. The lowest BCUT2D eigenvalue weighted by Gasteiger charge is -2.17. The Kier molecular flexibility index (Phi) is 4.64. The second-order valence-electron chi connectivity index (χ2n) is 6.77. The first-order valence-electron chi connectivity index (χ1n) is 7.53. The lowest BCUT2D eigenvalue weighted by atomic mass is 10.0. The van der Waals surface area contributed by atoms with Crippen LogP contribution in [0, 0.1) is 0 Å². The van der Waals surface area contributed by atoms with E-state index in [4.69, 9.17) is 0 Å². The molecule has 0 saturated carbocycles. The third-order valence-corrected chi connectivity index (χ3v) is 4.08. The molecule has 1 fully saturated rings. The van der Waals surface area contributed by atoms with Crippen molar-refractivity contribution in [2.24, 2.45) is 0 Å². The summed E-state index contributed by atoms with van der Waals surface area (Å²) in [5, 5.41) is 7.21. The minimum Gasteiger partial charge on any atom is -0.312 e. The van der Waals surface area contributed by atoms with E-state index in [0.717, 1.165) is 19.5 Å². The molecule has 0 aliphatic carbocycles. The second kappa shape index (κ2) is 6.06. The van der Waals surface area contributed by atoms with E-state index in [1.807, 2.05) is 0 Å². The standard InChI is InChI=1S/C17H28N2/c1-13(2)15-7-5-14(6-8-15)9-10-18-16-11-17(3,4)19-12-16/h5-8,13,16,18-19H,9-12H2,1-4H3. The fraction of sp³-hybridized carbons (Fsp3) is 0.647. The number of hydrogen-bond acceptors (Lipinski definition) is 2. The Morgan fingerprint density at radius 3 is 2.47 bits per heavy atom. The van der Waals surface area contributed by atoms with Gasteiger partial charge in [0.2, 0.25) is 0 Å². The van der Waals surface area contributed by atoms with Crippen molar-refractivity contribution in [3.05, 3.63) is 35.4 Å². The molecule has 0 bridgehead atoms. The summed E-state index contributed by atoms with van der Waals surface area (Å²) >= 11 is 0. The van der Waals surface area contributed by atoms with Crippen molar-refractivity contribution in [1.82, 2.24) is 10.6 Å². The Balaban J connectivity index is 1.74. The van der Waals surface area contributed by atoms with Crippen molar-refractivity contribution < 1.29 is 0 Å². The molecule has 2 N–H and O–H groups in total. The number of nitrogens with one attached hydrogen (secondary N) is 2. The van der Waals surface area contributed by atoms with Gasteiger partial charge in [-0.25, -0.2) is 0 Å². The highest BCUT2D eigenvalue weighted by molar-refractivity contribution is 5.24. The smallest absolute Gasteiger partial charge is 0.0210 e. The Hall–Kier alpha value is -0.860. The molecule has 1 saturated heterocycles. The molecule has 1 unspecified atom stereocenters. The molecule has 1 aromatic rings. The van der Waals surface area contributed by atoms with Crippen LogP contribution in [0.3, 0.4) is 0 Å². The van der Waals surface area contributed by atoms with Gasteiger partial charge in [0, 0.05) is 18.1 Å². The molecule has 1 aliphatic rings. The average Bonchev–Trinajstić information content (AvgIpc) is 2.69. The number of hydrogen-bond donors (Lipinski definition) is 2. The van der Waals surface area contributed by atoms with Crippen molar-refractivity contribution in [3.8, 4) is 0 Å². The first-order chi connectivity index (χ1) is 8.96. The molecule has 106 valence electrons. The van der Waals surface area contributed by atoms with Crippen LogP contribution in [0.2, 0.25) is 0 Å². The lowest BCUT2D eigenvalue weighted by Crippen LogP contribution is -2.32. The fourth-order valence-corrected chi connectivity index (χ4v) is 2.79. The first kappa shape index (κ1) is 14.5. The summed E-state index contributed by atoms with van der Waals surface area (Å²) < 4.78 is 0. The Morgan fingerprint density at radius 1 is 1.26 bits per heavy atom. The van der Waals surface area contributed by atoms with Crippen LogP contribution in [-0.4, -0.2) is 24.7 Å². The van der Waals surface area contributed by atoms with E-state index in [9.17, 15) is 0 Å². The molecule has 2 heteroatoms. The Labute approximate surface area is 118 Å². The maximum atomic E-state index is 3.66. The zero-order valence-electron chi connectivity index (χ0n) is 12.8. The molecule has 0 aromatic heterocycles. The summed E-state index contributed by atoms with van der Waals surface area (Å²) in [6.45, 7) is 11.2. The predicted octanol–water partition coefficient (Wildman–Crippen LogP) is 3.08. The van der Waals surface area contributed by atoms with E-state index in [2.05, 4.69) is 62.6 Å². The minimum absolute atomic E-state index is 0.302. The summed E-state index contributed by atoms with van der Waals surface area (Å²) in [6, 6.07) is 9.70. The monoisotopic (exact) mass is 260 g/mol. The van der Waals surface area contributed by atoms with Gasteiger partial charge < -0.3 is 10.6 Å². The fourth-order valence-electron chi connectivity index (χ4n) is 2.79. The van der Waals surface area contributed by atoms with Gasteiger partial charge in [0.15, 0.2) is 0 Å². The molecule has 19 heavy (non-hydrogen) atoms.